The van der Waals surface area contributed by atoms with Crippen LogP contribution >= 0.6 is 0 Å². The van der Waals surface area contributed by atoms with Crippen molar-refractivity contribution in [1.29, 1.82) is 0 Å². The quantitative estimate of drug-likeness (QED) is 0.774. The Morgan fingerprint density at radius 1 is 1.07 bits per heavy atom. The van der Waals surface area contributed by atoms with Gasteiger partial charge in [0.25, 0.3) is 0 Å². The van der Waals surface area contributed by atoms with Crippen LogP contribution in [0.4, 0.5) is 0 Å². The summed E-state index contributed by atoms with van der Waals surface area (Å²) in [6.45, 7) is 10.9. The van der Waals surface area contributed by atoms with E-state index in [0.717, 1.165) is 13.1 Å². The monoisotopic (exact) mass is 191 g/mol. The van der Waals surface area contributed by atoms with E-state index in [-0.39, 0.29) is 0 Å². The van der Waals surface area contributed by atoms with Crippen LogP contribution in [-0.2, 0) is 6.54 Å². The van der Waals surface area contributed by atoms with Crippen molar-refractivity contribution in [1.82, 2.24) is 5.32 Å². The van der Waals surface area contributed by atoms with Gasteiger partial charge in [0.15, 0.2) is 0 Å². The molecule has 1 heteroatoms. The average molecular weight is 191 g/mol. The second-order valence-electron chi connectivity index (χ2n) is 5.15. The lowest BCUT2D eigenvalue weighted by Crippen LogP contribution is -2.26. The van der Waals surface area contributed by atoms with Crippen molar-refractivity contribution < 1.29 is 0 Å². The van der Waals surface area contributed by atoms with Crippen LogP contribution in [0.15, 0.2) is 24.3 Å². The molecule has 1 aromatic rings. The highest BCUT2D eigenvalue weighted by Gasteiger charge is 2.08. The highest BCUT2D eigenvalue weighted by Crippen LogP contribution is 2.11. The van der Waals surface area contributed by atoms with Gasteiger partial charge in [-0.2, -0.15) is 0 Å². The van der Waals surface area contributed by atoms with Crippen LogP contribution in [0.2, 0.25) is 0 Å². The molecule has 0 aliphatic carbocycles. The van der Waals surface area contributed by atoms with Crippen molar-refractivity contribution in [3.05, 3.63) is 35.4 Å². The van der Waals surface area contributed by atoms with E-state index in [4.69, 9.17) is 0 Å². The number of hydrogen-bond donors (Lipinski definition) is 1. The molecule has 1 nitrogen and oxygen atoms in total. The summed E-state index contributed by atoms with van der Waals surface area (Å²) >= 11 is 0. The van der Waals surface area contributed by atoms with Crippen molar-refractivity contribution in [2.45, 2.75) is 34.2 Å². The molecule has 0 unspecified atom stereocenters. The van der Waals surface area contributed by atoms with Gasteiger partial charge in [0.2, 0.25) is 0 Å². The summed E-state index contributed by atoms with van der Waals surface area (Å²) in [6, 6.07) is 8.69. The first kappa shape index (κ1) is 11.3. The van der Waals surface area contributed by atoms with E-state index in [1.54, 1.807) is 0 Å². The fourth-order valence-electron chi connectivity index (χ4n) is 1.29. The van der Waals surface area contributed by atoms with E-state index >= 15 is 0 Å². The minimum absolute atomic E-state index is 0.366. The number of aryl methyl sites for hydroxylation is 1. The Hall–Kier alpha value is -0.820. The Morgan fingerprint density at radius 2 is 1.64 bits per heavy atom. The van der Waals surface area contributed by atoms with Gasteiger partial charge in [-0.05, 0) is 17.9 Å². The van der Waals surface area contributed by atoms with Gasteiger partial charge in [0, 0.05) is 13.1 Å². The summed E-state index contributed by atoms with van der Waals surface area (Å²) in [6.07, 6.45) is 0. The summed E-state index contributed by atoms with van der Waals surface area (Å²) < 4.78 is 0. The molecule has 0 heterocycles. The van der Waals surface area contributed by atoms with Crippen LogP contribution in [0.25, 0.3) is 0 Å². The normalized spacial score (nSPS) is 11.7. The summed E-state index contributed by atoms with van der Waals surface area (Å²) in [5, 5.41) is 3.46. The highest BCUT2D eigenvalue weighted by atomic mass is 14.9. The predicted octanol–water partition coefficient (Wildman–Crippen LogP) is 3.13. The largest absolute Gasteiger partial charge is 0.312 e. The van der Waals surface area contributed by atoms with Crippen LogP contribution in [0.1, 0.15) is 31.9 Å². The topological polar surface area (TPSA) is 12.0 Å². The molecule has 78 valence electrons. The Labute approximate surface area is 87.5 Å². The zero-order valence-electron chi connectivity index (χ0n) is 9.72. The first-order valence-corrected chi connectivity index (χ1v) is 5.24. The second-order valence-corrected chi connectivity index (χ2v) is 5.15. The Balaban J connectivity index is 2.35. The standard InChI is InChI=1S/C13H21N/c1-11-5-7-12(8-6-11)9-14-10-13(2,3)4/h5-8,14H,9-10H2,1-4H3. The number of nitrogens with one attached hydrogen (secondary N) is 1. The van der Waals surface area contributed by atoms with Gasteiger partial charge in [-0.15, -0.1) is 0 Å². The van der Waals surface area contributed by atoms with Gasteiger partial charge >= 0.3 is 0 Å². The number of benzene rings is 1. The SMILES string of the molecule is Cc1ccc(CNCC(C)(C)C)cc1. The molecule has 0 bridgehead atoms. The first-order valence-electron chi connectivity index (χ1n) is 5.24. The number of hydrogen-bond acceptors (Lipinski definition) is 1. The smallest absolute Gasteiger partial charge is 0.0205 e. The molecule has 0 radical (unpaired) electrons. The molecule has 0 saturated carbocycles. The summed E-state index contributed by atoms with van der Waals surface area (Å²) in [4.78, 5) is 0. The second kappa shape index (κ2) is 4.61. The summed E-state index contributed by atoms with van der Waals surface area (Å²) in [7, 11) is 0. The lowest BCUT2D eigenvalue weighted by Gasteiger charge is -2.18. The molecule has 14 heavy (non-hydrogen) atoms. The van der Waals surface area contributed by atoms with Crippen molar-refractivity contribution in [2.24, 2.45) is 5.41 Å². The average Bonchev–Trinajstić information content (AvgIpc) is 2.06. The van der Waals surface area contributed by atoms with Crippen LogP contribution in [0.5, 0.6) is 0 Å². The van der Waals surface area contributed by atoms with E-state index in [1.165, 1.54) is 11.1 Å². The molecular weight excluding hydrogens is 170 g/mol. The van der Waals surface area contributed by atoms with Crippen molar-refractivity contribution in [3.8, 4) is 0 Å². The fraction of sp³-hybridized carbons (Fsp3) is 0.538. The molecule has 1 aromatic carbocycles. The molecule has 0 saturated heterocycles. The third-order valence-corrected chi connectivity index (χ3v) is 2.11. The fourth-order valence-corrected chi connectivity index (χ4v) is 1.29. The minimum atomic E-state index is 0.366. The van der Waals surface area contributed by atoms with Crippen LogP contribution < -0.4 is 5.32 Å². The first-order chi connectivity index (χ1) is 6.47. The van der Waals surface area contributed by atoms with E-state index in [9.17, 15) is 0 Å². The number of rotatable bonds is 3. The van der Waals surface area contributed by atoms with Gasteiger partial charge in [-0.25, -0.2) is 0 Å². The summed E-state index contributed by atoms with van der Waals surface area (Å²) in [5.41, 5.74) is 3.05. The lowest BCUT2D eigenvalue weighted by atomic mass is 9.97. The maximum Gasteiger partial charge on any atom is 0.0205 e. The molecule has 0 fully saturated rings. The molecule has 0 amide bonds. The summed E-state index contributed by atoms with van der Waals surface area (Å²) in [5.74, 6) is 0. The van der Waals surface area contributed by atoms with Gasteiger partial charge < -0.3 is 5.32 Å². The molecule has 0 aliphatic rings. The molecule has 0 aromatic heterocycles. The van der Waals surface area contributed by atoms with Crippen molar-refractivity contribution >= 4 is 0 Å². The third kappa shape index (κ3) is 4.43. The van der Waals surface area contributed by atoms with Gasteiger partial charge in [0.05, 0.1) is 0 Å². The van der Waals surface area contributed by atoms with Gasteiger partial charge in [-0.1, -0.05) is 50.6 Å². The van der Waals surface area contributed by atoms with Gasteiger partial charge in [0.1, 0.15) is 0 Å². The zero-order chi connectivity index (χ0) is 10.6. The maximum atomic E-state index is 3.46. The third-order valence-electron chi connectivity index (χ3n) is 2.11. The Kier molecular flexibility index (Phi) is 3.70. The lowest BCUT2D eigenvalue weighted by molar-refractivity contribution is 0.379. The van der Waals surface area contributed by atoms with Crippen LogP contribution in [0.3, 0.4) is 0 Å². The molecular formula is C13H21N. The van der Waals surface area contributed by atoms with Gasteiger partial charge in [-0.3, -0.25) is 0 Å². The van der Waals surface area contributed by atoms with Crippen LogP contribution in [0, 0.1) is 12.3 Å². The minimum Gasteiger partial charge on any atom is -0.312 e. The molecule has 1 N–H and O–H groups in total. The molecule has 1 rings (SSSR count). The van der Waals surface area contributed by atoms with E-state index in [2.05, 4.69) is 57.3 Å². The Morgan fingerprint density at radius 3 is 2.14 bits per heavy atom. The molecule has 0 aliphatic heterocycles. The van der Waals surface area contributed by atoms with E-state index in [0.29, 0.717) is 5.41 Å². The van der Waals surface area contributed by atoms with Crippen molar-refractivity contribution in [3.63, 3.8) is 0 Å². The van der Waals surface area contributed by atoms with E-state index in [1.807, 2.05) is 0 Å². The highest BCUT2D eigenvalue weighted by molar-refractivity contribution is 5.21. The molecule has 0 spiro atoms. The Bertz CT molecular complexity index is 266. The maximum absolute atomic E-state index is 3.46. The predicted molar refractivity (Wildman–Crippen MR) is 62.3 cm³/mol. The van der Waals surface area contributed by atoms with E-state index < -0.39 is 0 Å². The zero-order valence-corrected chi connectivity index (χ0v) is 9.72. The van der Waals surface area contributed by atoms with Crippen LogP contribution in [-0.4, -0.2) is 6.54 Å². The van der Waals surface area contributed by atoms with Crippen molar-refractivity contribution in [2.75, 3.05) is 6.54 Å². The molecule has 0 atom stereocenters.